The van der Waals surface area contributed by atoms with Crippen molar-refractivity contribution in [3.63, 3.8) is 0 Å². The molecule has 0 radical (unpaired) electrons. The first-order chi connectivity index (χ1) is 7.37. The Morgan fingerprint density at radius 1 is 1.19 bits per heavy atom. The molecular formula is C11H13F3OS. The summed E-state index contributed by atoms with van der Waals surface area (Å²) in [6.45, 7) is 4.18. The third-order valence-corrected chi connectivity index (χ3v) is 3.08. The van der Waals surface area contributed by atoms with Crippen LogP contribution in [0.15, 0.2) is 29.2 Å². The summed E-state index contributed by atoms with van der Waals surface area (Å²) in [5.74, 6) is 1.32. The molecule has 0 aliphatic carbocycles. The molecule has 0 N–H and O–H groups in total. The third kappa shape index (κ3) is 5.30. The summed E-state index contributed by atoms with van der Waals surface area (Å²) in [4.78, 5) is 0.947. The van der Waals surface area contributed by atoms with Crippen LogP contribution in [-0.4, -0.2) is 12.1 Å². The largest absolute Gasteiger partial charge is 0.573 e. The lowest BCUT2D eigenvalue weighted by atomic mass is 10.3. The van der Waals surface area contributed by atoms with Gasteiger partial charge in [-0.2, -0.15) is 0 Å². The molecule has 1 nitrogen and oxygen atoms in total. The van der Waals surface area contributed by atoms with Gasteiger partial charge in [0.15, 0.2) is 0 Å². The van der Waals surface area contributed by atoms with Crippen LogP contribution in [0.4, 0.5) is 13.2 Å². The highest BCUT2D eigenvalue weighted by atomic mass is 32.2. The lowest BCUT2D eigenvalue weighted by Gasteiger charge is -2.09. The summed E-state index contributed by atoms with van der Waals surface area (Å²) in [7, 11) is 0. The molecule has 1 rings (SSSR count). The van der Waals surface area contributed by atoms with Crippen molar-refractivity contribution in [2.24, 2.45) is 5.92 Å². The van der Waals surface area contributed by atoms with E-state index in [-0.39, 0.29) is 5.75 Å². The van der Waals surface area contributed by atoms with Crippen molar-refractivity contribution < 1.29 is 17.9 Å². The fourth-order valence-corrected chi connectivity index (χ4v) is 1.85. The Labute approximate surface area is 97.0 Å². The Kier molecular flexibility index (Phi) is 4.53. The standard InChI is InChI=1S/C11H13F3OS/c1-8(2)7-16-10-5-3-9(4-6-10)15-11(12,13)14/h3-6,8H,7H2,1-2H3. The minimum Gasteiger partial charge on any atom is -0.406 e. The van der Waals surface area contributed by atoms with E-state index in [9.17, 15) is 13.2 Å². The molecule has 0 aliphatic rings. The highest BCUT2D eigenvalue weighted by Gasteiger charge is 2.30. The number of hydrogen-bond acceptors (Lipinski definition) is 2. The summed E-state index contributed by atoms with van der Waals surface area (Å²) in [6.07, 6.45) is -4.62. The number of rotatable bonds is 4. The number of hydrogen-bond donors (Lipinski definition) is 0. The molecule has 90 valence electrons. The summed E-state index contributed by atoms with van der Waals surface area (Å²) in [5.41, 5.74) is 0. The van der Waals surface area contributed by atoms with Crippen LogP contribution in [-0.2, 0) is 0 Å². The molecular weight excluding hydrogens is 237 g/mol. The first-order valence-corrected chi connectivity index (χ1v) is 5.84. The first kappa shape index (κ1) is 13.2. The van der Waals surface area contributed by atoms with Gasteiger partial charge in [-0.05, 0) is 30.2 Å². The molecule has 0 saturated heterocycles. The number of halogens is 3. The molecule has 0 fully saturated rings. The van der Waals surface area contributed by atoms with Crippen LogP contribution in [0.25, 0.3) is 0 Å². The van der Waals surface area contributed by atoms with E-state index in [1.807, 2.05) is 0 Å². The normalized spacial score (nSPS) is 11.9. The zero-order valence-electron chi connectivity index (χ0n) is 9.04. The number of ether oxygens (including phenoxy) is 1. The van der Waals surface area contributed by atoms with Gasteiger partial charge in [0.2, 0.25) is 0 Å². The van der Waals surface area contributed by atoms with Crippen LogP contribution in [0.5, 0.6) is 5.75 Å². The van der Waals surface area contributed by atoms with Gasteiger partial charge in [0.05, 0.1) is 0 Å². The Bertz CT molecular complexity index is 319. The minimum absolute atomic E-state index is 0.179. The zero-order valence-corrected chi connectivity index (χ0v) is 9.86. The molecule has 1 aromatic rings. The molecule has 0 aliphatic heterocycles. The molecule has 0 spiro atoms. The van der Waals surface area contributed by atoms with Gasteiger partial charge in [-0.3, -0.25) is 0 Å². The van der Waals surface area contributed by atoms with Crippen molar-refractivity contribution in [2.45, 2.75) is 25.1 Å². The minimum atomic E-state index is -4.62. The van der Waals surface area contributed by atoms with Crippen LogP contribution in [0.2, 0.25) is 0 Å². The first-order valence-electron chi connectivity index (χ1n) is 4.85. The van der Waals surface area contributed by atoms with Crippen molar-refractivity contribution >= 4 is 11.8 Å². The number of thioether (sulfide) groups is 1. The van der Waals surface area contributed by atoms with E-state index in [1.54, 1.807) is 23.9 Å². The van der Waals surface area contributed by atoms with Gasteiger partial charge in [-0.15, -0.1) is 24.9 Å². The number of alkyl halides is 3. The van der Waals surface area contributed by atoms with Gasteiger partial charge in [-0.1, -0.05) is 13.8 Å². The van der Waals surface area contributed by atoms with Gasteiger partial charge < -0.3 is 4.74 Å². The molecule has 0 heterocycles. The maximum Gasteiger partial charge on any atom is 0.573 e. The predicted octanol–water partition coefficient (Wildman–Crippen LogP) is 4.33. The van der Waals surface area contributed by atoms with Crippen molar-refractivity contribution in [2.75, 3.05) is 5.75 Å². The summed E-state index contributed by atoms with van der Waals surface area (Å²) in [6, 6.07) is 5.93. The number of benzene rings is 1. The molecule has 0 bridgehead atoms. The van der Waals surface area contributed by atoms with Gasteiger partial charge in [-0.25, -0.2) is 0 Å². The maximum atomic E-state index is 11.9. The van der Waals surface area contributed by atoms with Gasteiger partial charge in [0, 0.05) is 10.6 Å². The SMILES string of the molecule is CC(C)CSc1ccc(OC(F)(F)F)cc1. The predicted molar refractivity (Wildman–Crippen MR) is 58.7 cm³/mol. The summed E-state index contributed by atoms with van der Waals surface area (Å²) >= 11 is 1.62. The lowest BCUT2D eigenvalue weighted by molar-refractivity contribution is -0.274. The van der Waals surface area contributed by atoms with Crippen molar-refractivity contribution in [3.8, 4) is 5.75 Å². The zero-order chi connectivity index (χ0) is 12.2. The van der Waals surface area contributed by atoms with E-state index >= 15 is 0 Å². The van der Waals surface area contributed by atoms with Crippen LogP contribution < -0.4 is 4.74 Å². The second-order valence-corrected chi connectivity index (χ2v) is 4.82. The maximum absolute atomic E-state index is 11.9. The average Bonchev–Trinajstić information content (AvgIpc) is 2.14. The molecule has 0 unspecified atom stereocenters. The topological polar surface area (TPSA) is 9.23 Å². The van der Waals surface area contributed by atoms with Crippen LogP contribution >= 0.6 is 11.8 Å². The summed E-state index contributed by atoms with van der Waals surface area (Å²) in [5, 5.41) is 0. The fourth-order valence-electron chi connectivity index (χ4n) is 1.00. The Morgan fingerprint density at radius 3 is 2.19 bits per heavy atom. The Morgan fingerprint density at radius 2 is 1.75 bits per heavy atom. The highest BCUT2D eigenvalue weighted by Crippen LogP contribution is 2.26. The highest BCUT2D eigenvalue weighted by molar-refractivity contribution is 7.99. The van der Waals surface area contributed by atoms with E-state index in [1.165, 1.54) is 12.1 Å². The second kappa shape index (κ2) is 5.48. The van der Waals surface area contributed by atoms with Gasteiger partial charge in [0.1, 0.15) is 5.75 Å². The molecule has 0 atom stereocenters. The molecule has 0 aromatic heterocycles. The van der Waals surface area contributed by atoms with Crippen LogP contribution in [0, 0.1) is 5.92 Å². The van der Waals surface area contributed by atoms with E-state index < -0.39 is 6.36 Å². The van der Waals surface area contributed by atoms with E-state index in [0.717, 1.165) is 10.6 Å². The molecule has 0 saturated carbocycles. The van der Waals surface area contributed by atoms with E-state index in [2.05, 4.69) is 18.6 Å². The monoisotopic (exact) mass is 250 g/mol. The molecule has 16 heavy (non-hydrogen) atoms. The average molecular weight is 250 g/mol. The third-order valence-electron chi connectivity index (χ3n) is 1.64. The quantitative estimate of drug-likeness (QED) is 0.735. The second-order valence-electron chi connectivity index (χ2n) is 3.72. The molecule has 5 heteroatoms. The van der Waals surface area contributed by atoms with Crippen molar-refractivity contribution in [1.82, 2.24) is 0 Å². The van der Waals surface area contributed by atoms with Crippen molar-refractivity contribution in [3.05, 3.63) is 24.3 Å². The van der Waals surface area contributed by atoms with Gasteiger partial charge >= 0.3 is 6.36 Å². The van der Waals surface area contributed by atoms with Crippen molar-refractivity contribution in [1.29, 1.82) is 0 Å². The van der Waals surface area contributed by atoms with E-state index in [4.69, 9.17) is 0 Å². The van der Waals surface area contributed by atoms with Gasteiger partial charge in [0.25, 0.3) is 0 Å². The summed E-state index contributed by atoms with van der Waals surface area (Å²) < 4.78 is 39.4. The smallest absolute Gasteiger partial charge is 0.406 e. The molecule has 1 aromatic carbocycles. The van der Waals surface area contributed by atoms with Crippen LogP contribution in [0.1, 0.15) is 13.8 Å². The Hall–Kier alpha value is -0.840. The lowest BCUT2D eigenvalue weighted by Crippen LogP contribution is -2.16. The Balaban J connectivity index is 2.54. The van der Waals surface area contributed by atoms with E-state index in [0.29, 0.717) is 5.92 Å². The van der Waals surface area contributed by atoms with Crippen LogP contribution in [0.3, 0.4) is 0 Å². The fraction of sp³-hybridized carbons (Fsp3) is 0.455. The molecule has 0 amide bonds.